The molecule has 0 bridgehead atoms. The van der Waals surface area contributed by atoms with E-state index in [0.717, 1.165) is 0 Å². The Morgan fingerprint density at radius 3 is 1.12 bits per heavy atom. The van der Waals surface area contributed by atoms with Gasteiger partial charge in [0.2, 0.25) is 0 Å². The molecule has 0 radical (unpaired) electrons. The van der Waals surface area contributed by atoms with E-state index in [0.29, 0.717) is 0 Å². The highest BCUT2D eigenvalue weighted by Gasteiger charge is 2.26. The first-order valence-electron chi connectivity index (χ1n) is 6.77. The van der Waals surface area contributed by atoms with Crippen LogP contribution in [0.3, 0.4) is 0 Å². The van der Waals surface area contributed by atoms with Gasteiger partial charge in [-0.15, -0.1) is 0 Å². The molecule has 0 aromatic heterocycles. The molecule has 0 aromatic rings. The number of aliphatic hydroxyl groups is 4. The van der Waals surface area contributed by atoms with Crippen molar-refractivity contribution in [2.45, 2.75) is 26.2 Å². The number of carboxylic acids is 3. The van der Waals surface area contributed by atoms with Gasteiger partial charge in [0.25, 0.3) is 0 Å². The van der Waals surface area contributed by atoms with Crippen LogP contribution in [0.2, 0.25) is 0 Å². The summed E-state index contributed by atoms with van der Waals surface area (Å²) in [5.74, 6) is -2.83. The highest BCUT2D eigenvalue weighted by atomic mass is 16.4. The normalized spacial score (nSPS) is 9.71. The third-order valence-electron chi connectivity index (χ3n) is 2.49. The minimum atomic E-state index is -1.11. The van der Waals surface area contributed by atoms with E-state index < -0.39 is 49.8 Å². The maximum Gasteiger partial charge on any atom is 0.330 e. The van der Waals surface area contributed by atoms with Crippen molar-refractivity contribution in [2.75, 3.05) is 26.4 Å². The van der Waals surface area contributed by atoms with Crippen LogP contribution in [0.4, 0.5) is 0 Å². The second-order valence-corrected chi connectivity index (χ2v) is 4.86. The number of rotatable bonds is 9. The molecule has 7 N–H and O–H groups in total. The van der Waals surface area contributed by atoms with Crippen molar-refractivity contribution in [2.24, 2.45) is 5.41 Å². The number of aliphatic hydroxyl groups excluding tert-OH is 4. The van der Waals surface area contributed by atoms with E-state index in [1.807, 2.05) is 0 Å². The van der Waals surface area contributed by atoms with Gasteiger partial charge in [0.05, 0.1) is 31.8 Å². The summed E-state index contributed by atoms with van der Waals surface area (Å²) in [6.07, 6.45) is 0.0866. The van der Waals surface area contributed by atoms with E-state index in [1.165, 1.54) is 6.92 Å². The SMILES string of the molecule is C=C(C)C(=O)O.O=C(O)CCCC(=O)O.OCC(CO)(CO)CO. The number of carboxylic acid groups (broad SMARTS) is 3. The van der Waals surface area contributed by atoms with Gasteiger partial charge in [0.15, 0.2) is 0 Å². The lowest BCUT2D eigenvalue weighted by atomic mass is 9.93. The fourth-order valence-corrected chi connectivity index (χ4v) is 0.691. The molecule has 0 fully saturated rings. The summed E-state index contributed by atoms with van der Waals surface area (Å²) in [4.78, 5) is 29.2. The summed E-state index contributed by atoms with van der Waals surface area (Å²) in [5, 5.41) is 57.9. The second-order valence-electron chi connectivity index (χ2n) is 4.86. The predicted octanol–water partition coefficient (Wildman–Crippen LogP) is -1.08. The Bertz CT molecular complexity index is 344. The molecule has 0 saturated carbocycles. The molecule has 0 aliphatic rings. The first-order chi connectivity index (χ1) is 11.0. The average molecular weight is 354 g/mol. The number of carbonyl (C=O) groups is 3. The van der Waals surface area contributed by atoms with Crippen molar-refractivity contribution in [3.63, 3.8) is 0 Å². The van der Waals surface area contributed by atoms with Crippen LogP contribution in [-0.4, -0.2) is 80.1 Å². The zero-order chi connectivity index (χ0) is 19.8. The third kappa shape index (κ3) is 18.0. The van der Waals surface area contributed by atoms with E-state index >= 15 is 0 Å². The molecule has 0 atom stereocenters. The molecule has 10 nitrogen and oxygen atoms in total. The van der Waals surface area contributed by atoms with Crippen LogP contribution >= 0.6 is 0 Å². The van der Waals surface area contributed by atoms with Gasteiger partial charge in [-0.3, -0.25) is 9.59 Å². The van der Waals surface area contributed by atoms with Gasteiger partial charge >= 0.3 is 17.9 Å². The number of hydrogen-bond acceptors (Lipinski definition) is 7. The standard InChI is InChI=1S/C5H12O4.C5H8O4.C4H6O2/c6-1-5(2-7,3-8)4-9;6-4(7)2-1-3-5(8)9;1-3(2)4(5)6/h6-9H,1-4H2;1-3H2,(H,6,7)(H,8,9);1H2,2H3,(H,5,6). The lowest BCUT2D eigenvalue weighted by Crippen LogP contribution is -2.37. The maximum atomic E-state index is 9.79. The lowest BCUT2D eigenvalue weighted by Gasteiger charge is -2.23. The van der Waals surface area contributed by atoms with Crippen molar-refractivity contribution in [1.29, 1.82) is 0 Å². The predicted molar refractivity (Wildman–Crippen MR) is 82.3 cm³/mol. The zero-order valence-corrected chi connectivity index (χ0v) is 13.5. The van der Waals surface area contributed by atoms with Crippen LogP contribution in [0.25, 0.3) is 0 Å². The Labute approximate surface area is 139 Å². The number of hydrogen-bond donors (Lipinski definition) is 7. The van der Waals surface area contributed by atoms with Crippen molar-refractivity contribution >= 4 is 17.9 Å². The van der Waals surface area contributed by atoms with E-state index in [2.05, 4.69) is 6.58 Å². The molecule has 0 amide bonds. The molecule has 142 valence electrons. The summed E-state index contributed by atoms with van der Waals surface area (Å²) < 4.78 is 0. The van der Waals surface area contributed by atoms with Gasteiger partial charge in [-0.1, -0.05) is 6.58 Å². The molecular weight excluding hydrogens is 328 g/mol. The summed E-state index contributed by atoms with van der Waals surface area (Å²) in [6, 6.07) is 0. The van der Waals surface area contributed by atoms with Crippen molar-refractivity contribution in [3.05, 3.63) is 12.2 Å². The maximum absolute atomic E-state index is 9.79. The molecule has 0 spiro atoms. The highest BCUT2D eigenvalue weighted by Crippen LogP contribution is 2.11. The summed E-state index contributed by atoms with van der Waals surface area (Å²) in [5.41, 5.74) is -0.935. The largest absolute Gasteiger partial charge is 0.481 e. The summed E-state index contributed by atoms with van der Waals surface area (Å²) in [6.45, 7) is 2.98. The molecular formula is C14H26O10. The van der Waals surface area contributed by atoms with Crippen molar-refractivity contribution in [3.8, 4) is 0 Å². The molecule has 0 aromatic carbocycles. The first-order valence-corrected chi connectivity index (χ1v) is 6.77. The molecule has 0 aliphatic carbocycles. The van der Waals surface area contributed by atoms with Gasteiger partial charge in [-0.25, -0.2) is 4.79 Å². The van der Waals surface area contributed by atoms with Crippen LogP contribution in [0.5, 0.6) is 0 Å². The van der Waals surface area contributed by atoms with Crippen LogP contribution in [0.1, 0.15) is 26.2 Å². The van der Waals surface area contributed by atoms with E-state index in [4.69, 9.17) is 35.7 Å². The monoisotopic (exact) mass is 354 g/mol. The van der Waals surface area contributed by atoms with E-state index in [9.17, 15) is 14.4 Å². The van der Waals surface area contributed by atoms with Gasteiger partial charge in [-0.05, 0) is 13.3 Å². The molecule has 0 heterocycles. The minimum absolute atomic E-state index is 0.0632. The topological polar surface area (TPSA) is 193 Å². The fourth-order valence-electron chi connectivity index (χ4n) is 0.691. The van der Waals surface area contributed by atoms with E-state index in [-0.39, 0.29) is 24.8 Å². The van der Waals surface area contributed by atoms with Crippen LogP contribution in [-0.2, 0) is 14.4 Å². The van der Waals surface area contributed by atoms with Gasteiger partial charge in [0, 0.05) is 18.4 Å². The van der Waals surface area contributed by atoms with E-state index in [1.54, 1.807) is 0 Å². The van der Waals surface area contributed by atoms with Crippen molar-refractivity contribution in [1.82, 2.24) is 0 Å². The third-order valence-corrected chi connectivity index (χ3v) is 2.49. The summed E-state index contributed by atoms with van der Waals surface area (Å²) in [7, 11) is 0. The molecule has 10 heteroatoms. The van der Waals surface area contributed by atoms with Gasteiger partial charge in [0.1, 0.15) is 0 Å². The molecule has 0 rings (SSSR count). The second kappa shape index (κ2) is 15.9. The first kappa shape index (κ1) is 26.9. The average Bonchev–Trinajstić information content (AvgIpc) is 2.50. The number of aliphatic carboxylic acids is 3. The van der Waals surface area contributed by atoms with Crippen LogP contribution < -0.4 is 0 Å². The Kier molecular flexibility index (Phi) is 17.8. The van der Waals surface area contributed by atoms with Gasteiger partial charge in [-0.2, -0.15) is 0 Å². The Morgan fingerprint density at radius 1 is 0.792 bits per heavy atom. The smallest absolute Gasteiger partial charge is 0.330 e. The van der Waals surface area contributed by atoms with Crippen LogP contribution in [0, 0.1) is 5.41 Å². The Hall–Kier alpha value is -2.01. The van der Waals surface area contributed by atoms with Gasteiger partial charge < -0.3 is 35.7 Å². The Morgan fingerprint density at radius 2 is 1.04 bits per heavy atom. The lowest BCUT2D eigenvalue weighted by molar-refractivity contribution is -0.138. The fraction of sp³-hybridized carbons (Fsp3) is 0.643. The Balaban J connectivity index is -0.000000282. The van der Waals surface area contributed by atoms with Crippen molar-refractivity contribution < 1.29 is 50.1 Å². The molecule has 0 saturated heterocycles. The summed E-state index contributed by atoms with van der Waals surface area (Å²) >= 11 is 0. The van der Waals surface area contributed by atoms with Crippen LogP contribution in [0.15, 0.2) is 12.2 Å². The zero-order valence-electron chi connectivity index (χ0n) is 13.5. The molecule has 0 aliphatic heterocycles. The quantitative estimate of drug-likeness (QED) is 0.250. The molecule has 0 unspecified atom stereocenters. The highest BCUT2D eigenvalue weighted by molar-refractivity contribution is 5.84. The molecule has 24 heavy (non-hydrogen) atoms. The minimum Gasteiger partial charge on any atom is -0.481 e.